The number of halogens is 3. The molecule has 0 unspecified atom stereocenters. The van der Waals surface area contributed by atoms with Gasteiger partial charge in [-0.15, -0.1) is 0 Å². The monoisotopic (exact) mass is 246 g/mol. The molecule has 0 bridgehead atoms. The summed E-state index contributed by atoms with van der Waals surface area (Å²) in [6.07, 6.45) is 0.127. The lowest BCUT2D eigenvalue weighted by Gasteiger charge is -2.09. The Morgan fingerprint density at radius 2 is 2.18 bits per heavy atom. The van der Waals surface area contributed by atoms with Crippen LogP contribution in [0.1, 0.15) is 17.5 Å². The highest BCUT2D eigenvalue weighted by atomic mass is 19.4. The van der Waals surface area contributed by atoms with Crippen molar-refractivity contribution < 1.29 is 17.9 Å². The standard InChI is InChI=1S/C11H13F3N2O/c1-17-10-8(4-2-3-5-15)6-9(7-16-10)11(12,13)14/h2,4,6-7H,3,5,15H2,1H3. The van der Waals surface area contributed by atoms with Crippen LogP contribution in [-0.2, 0) is 6.18 Å². The summed E-state index contributed by atoms with van der Waals surface area (Å²) in [5.41, 5.74) is 4.77. The van der Waals surface area contributed by atoms with E-state index in [1.54, 1.807) is 6.08 Å². The van der Waals surface area contributed by atoms with E-state index >= 15 is 0 Å². The van der Waals surface area contributed by atoms with Gasteiger partial charge in [0.15, 0.2) is 0 Å². The van der Waals surface area contributed by atoms with Gasteiger partial charge in [0.2, 0.25) is 5.88 Å². The quantitative estimate of drug-likeness (QED) is 0.887. The van der Waals surface area contributed by atoms with Gasteiger partial charge in [0.05, 0.1) is 12.7 Å². The van der Waals surface area contributed by atoms with Gasteiger partial charge in [0.1, 0.15) is 0 Å². The maximum absolute atomic E-state index is 12.5. The average molecular weight is 246 g/mol. The molecule has 2 N–H and O–H groups in total. The number of hydrogen-bond donors (Lipinski definition) is 1. The highest BCUT2D eigenvalue weighted by Crippen LogP contribution is 2.31. The molecule has 0 aliphatic rings. The summed E-state index contributed by atoms with van der Waals surface area (Å²) in [6, 6.07) is 0.999. The predicted octanol–water partition coefficient (Wildman–Crippen LogP) is 2.47. The second-order valence-electron chi connectivity index (χ2n) is 3.30. The van der Waals surface area contributed by atoms with Crippen molar-refractivity contribution in [2.75, 3.05) is 13.7 Å². The molecule has 0 atom stereocenters. The molecule has 0 saturated carbocycles. The maximum atomic E-state index is 12.5. The SMILES string of the molecule is COc1ncc(C(F)(F)F)cc1C=CCCN. The Hall–Kier alpha value is -1.56. The second-order valence-corrected chi connectivity index (χ2v) is 3.30. The summed E-state index contributed by atoms with van der Waals surface area (Å²) < 4.78 is 42.3. The van der Waals surface area contributed by atoms with Crippen LogP contribution in [0.5, 0.6) is 5.88 Å². The molecule has 0 aliphatic heterocycles. The molecule has 17 heavy (non-hydrogen) atoms. The Kier molecular flexibility index (Phi) is 4.51. The average Bonchev–Trinajstić information content (AvgIpc) is 2.28. The van der Waals surface area contributed by atoms with Crippen molar-refractivity contribution in [2.24, 2.45) is 5.73 Å². The topological polar surface area (TPSA) is 48.1 Å². The van der Waals surface area contributed by atoms with Crippen molar-refractivity contribution in [3.8, 4) is 5.88 Å². The first-order valence-corrected chi connectivity index (χ1v) is 4.97. The minimum Gasteiger partial charge on any atom is -0.481 e. The number of methoxy groups -OCH3 is 1. The van der Waals surface area contributed by atoms with Gasteiger partial charge in [-0.1, -0.05) is 12.2 Å². The highest BCUT2D eigenvalue weighted by Gasteiger charge is 2.31. The number of pyridine rings is 1. The zero-order valence-electron chi connectivity index (χ0n) is 9.29. The molecule has 1 heterocycles. The van der Waals surface area contributed by atoms with E-state index in [-0.39, 0.29) is 11.4 Å². The number of hydrogen-bond acceptors (Lipinski definition) is 3. The summed E-state index contributed by atoms with van der Waals surface area (Å²) in [5.74, 6) is 0.159. The third-order valence-electron chi connectivity index (χ3n) is 2.03. The lowest BCUT2D eigenvalue weighted by Crippen LogP contribution is -2.06. The summed E-state index contributed by atoms with van der Waals surface area (Å²) in [4.78, 5) is 3.62. The summed E-state index contributed by atoms with van der Waals surface area (Å²) >= 11 is 0. The van der Waals surface area contributed by atoms with Gasteiger partial charge in [0.25, 0.3) is 0 Å². The van der Waals surface area contributed by atoms with Crippen molar-refractivity contribution in [3.05, 3.63) is 29.5 Å². The fourth-order valence-corrected chi connectivity index (χ4v) is 1.22. The number of ether oxygens (including phenoxy) is 1. The van der Waals surface area contributed by atoms with Gasteiger partial charge in [-0.25, -0.2) is 4.98 Å². The third kappa shape index (κ3) is 3.74. The van der Waals surface area contributed by atoms with E-state index in [9.17, 15) is 13.2 Å². The van der Waals surface area contributed by atoms with E-state index in [0.717, 1.165) is 12.3 Å². The van der Waals surface area contributed by atoms with Crippen LogP contribution in [0.25, 0.3) is 6.08 Å². The summed E-state index contributed by atoms with van der Waals surface area (Å²) in [7, 11) is 1.36. The van der Waals surface area contributed by atoms with Gasteiger partial charge >= 0.3 is 6.18 Å². The van der Waals surface area contributed by atoms with Gasteiger partial charge in [-0.2, -0.15) is 13.2 Å². The molecule has 0 saturated heterocycles. The van der Waals surface area contributed by atoms with E-state index in [4.69, 9.17) is 10.5 Å². The molecule has 1 rings (SSSR count). The number of rotatable bonds is 4. The molecule has 3 nitrogen and oxygen atoms in total. The van der Waals surface area contributed by atoms with E-state index in [0.29, 0.717) is 13.0 Å². The Morgan fingerprint density at radius 1 is 1.47 bits per heavy atom. The van der Waals surface area contributed by atoms with Crippen molar-refractivity contribution in [2.45, 2.75) is 12.6 Å². The van der Waals surface area contributed by atoms with Gasteiger partial charge < -0.3 is 10.5 Å². The number of nitrogens with zero attached hydrogens (tertiary/aromatic N) is 1. The Balaban J connectivity index is 3.07. The summed E-state index contributed by atoms with van der Waals surface area (Å²) in [6.45, 7) is 0.436. The molecule has 0 aliphatic carbocycles. The van der Waals surface area contributed by atoms with Crippen LogP contribution >= 0.6 is 0 Å². The first kappa shape index (κ1) is 13.5. The molecule has 0 radical (unpaired) electrons. The molecule has 6 heteroatoms. The molecule has 94 valence electrons. The van der Waals surface area contributed by atoms with Crippen molar-refractivity contribution in [1.82, 2.24) is 4.98 Å². The number of alkyl halides is 3. The van der Waals surface area contributed by atoms with Crippen LogP contribution in [-0.4, -0.2) is 18.6 Å². The fourth-order valence-electron chi connectivity index (χ4n) is 1.22. The molecular weight excluding hydrogens is 233 g/mol. The van der Waals surface area contributed by atoms with Crippen LogP contribution in [0, 0.1) is 0 Å². The highest BCUT2D eigenvalue weighted by molar-refractivity contribution is 5.55. The van der Waals surface area contributed by atoms with Crippen molar-refractivity contribution in [1.29, 1.82) is 0 Å². The van der Waals surface area contributed by atoms with Crippen LogP contribution in [0.3, 0.4) is 0 Å². The van der Waals surface area contributed by atoms with Crippen LogP contribution < -0.4 is 10.5 Å². The van der Waals surface area contributed by atoms with Crippen molar-refractivity contribution in [3.63, 3.8) is 0 Å². The number of nitrogens with two attached hydrogens (primary N) is 1. The normalized spacial score (nSPS) is 12.1. The fraction of sp³-hybridized carbons (Fsp3) is 0.364. The van der Waals surface area contributed by atoms with E-state index in [1.807, 2.05) is 0 Å². The first-order valence-electron chi connectivity index (χ1n) is 4.97. The lowest BCUT2D eigenvalue weighted by atomic mass is 10.1. The molecule has 0 amide bonds. The Labute approximate surface area is 97.1 Å². The van der Waals surface area contributed by atoms with Crippen LogP contribution in [0.4, 0.5) is 13.2 Å². The van der Waals surface area contributed by atoms with Gasteiger partial charge in [0, 0.05) is 11.8 Å². The molecule has 0 fully saturated rings. The van der Waals surface area contributed by atoms with Gasteiger partial charge in [-0.3, -0.25) is 0 Å². The zero-order chi connectivity index (χ0) is 12.9. The van der Waals surface area contributed by atoms with Crippen LogP contribution in [0.2, 0.25) is 0 Å². The zero-order valence-corrected chi connectivity index (χ0v) is 9.29. The molecular formula is C11H13F3N2O. The molecule has 1 aromatic heterocycles. The first-order chi connectivity index (χ1) is 7.99. The van der Waals surface area contributed by atoms with E-state index in [1.165, 1.54) is 13.2 Å². The third-order valence-corrected chi connectivity index (χ3v) is 2.03. The van der Waals surface area contributed by atoms with E-state index in [2.05, 4.69) is 4.98 Å². The van der Waals surface area contributed by atoms with Crippen molar-refractivity contribution >= 4 is 6.08 Å². The van der Waals surface area contributed by atoms with Crippen LogP contribution in [0.15, 0.2) is 18.3 Å². The summed E-state index contributed by atoms with van der Waals surface area (Å²) in [5, 5.41) is 0. The Bertz CT molecular complexity index is 402. The minimum absolute atomic E-state index is 0.159. The lowest BCUT2D eigenvalue weighted by molar-refractivity contribution is -0.137. The molecule has 0 aromatic carbocycles. The predicted molar refractivity (Wildman–Crippen MR) is 58.5 cm³/mol. The van der Waals surface area contributed by atoms with Gasteiger partial charge in [-0.05, 0) is 19.0 Å². The van der Waals surface area contributed by atoms with E-state index < -0.39 is 11.7 Å². The largest absolute Gasteiger partial charge is 0.481 e. The molecule has 1 aromatic rings. The number of aromatic nitrogens is 1. The molecule has 0 spiro atoms. The smallest absolute Gasteiger partial charge is 0.417 e. The Morgan fingerprint density at radius 3 is 2.71 bits per heavy atom. The second kappa shape index (κ2) is 5.67. The minimum atomic E-state index is -4.41. The maximum Gasteiger partial charge on any atom is 0.417 e.